The standard InChI is InChI=1S/C15H19N3O5/c1-16(2)15(20)13-4-3-9-17(13)14(19)10-23-12-7-5-11(6-8-12)18(21)22/h5-8,13H,3-4,9-10H2,1-2H3. The van der Waals surface area contributed by atoms with Crippen LogP contribution in [-0.4, -0.2) is 59.8 Å². The molecule has 1 atom stereocenters. The molecule has 0 aliphatic carbocycles. The van der Waals surface area contributed by atoms with Crippen molar-refractivity contribution in [2.24, 2.45) is 0 Å². The number of nitro benzene ring substituents is 1. The monoisotopic (exact) mass is 321 g/mol. The Balaban J connectivity index is 1.93. The number of nitrogens with zero attached hydrogens (tertiary/aromatic N) is 3. The predicted molar refractivity (Wildman–Crippen MR) is 82.0 cm³/mol. The van der Waals surface area contributed by atoms with Gasteiger partial charge in [-0.15, -0.1) is 0 Å². The van der Waals surface area contributed by atoms with Crippen molar-refractivity contribution in [3.63, 3.8) is 0 Å². The lowest BCUT2D eigenvalue weighted by Gasteiger charge is -2.26. The highest BCUT2D eigenvalue weighted by atomic mass is 16.6. The zero-order chi connectivity index (χ0) is 17.0. The second-order valence-electron chi connectivity index (χ2n) is 5.52. The third-order valence-electron chi connectivity index (χ3n) is 3.71. The summed E-state index contributed by atoms with van der Waals surface area (Å²) in [5, 5.41) is 10.6. The quantitative estimate of drug-likeness (QED) is 0.597. The van der Waals surface area contributed by atoms with E-state index in [1.165, 1.54) is 34.1 Å². The minimum absolute atomic E-state index is 0.0418. The van der Waals surface area contributed by atoms with Gasteiger partial charge in [0.1, 0.15) is 11.8 Å². The fourth-order valence-corrected chi connectivity index (χ4v) is 2.51. The Morgan fingerprint density at radius 2 is 2.00 bits per heavy atom. The van der Waals surface area contributed by atoms with Gasteiger partial charge in [0.25, 0.3) is 11.6 Å². The summed E-state index contributed by atoms with van der Waals surface area (Å²) in [6.07, 6.45) is 1.44. The van der Waals surface area contributed by atoms with Crippen LogP contribution in [0.1, 0.15) is 12.8 Å². The maximum Gasteiger partial charge on any atom is 0.269 e. The van der Waals surface area contributed by atoms with Crippen LogP contribution in [0.3, 0.4) is 0 Å². The van der Waals surface area contributed by atoms with E-state index in [0.717, 1.165) is 6.42 Å². The molecule has 0 bridgehead atoms. The predicted octanol–water partition coefficient (Wildman–Crippen LogP) is 1.05. The van der Waals surface area contributed by atoms with Gasteiger partial charge in [-0.05, 0) is 25.0 Å². The van der Waals surface area contributed by atoms with Crippen LogP contribution in [0.15, 0.2) is 24.3 Å². The van der Waals surface area contributed by atoms with E-state index >= 15 is 0 Å². The molecule has 23 heavy (non-hydrogen) atoms. The molecule has 1 aromatic carbocycles. The Labute approximate surface area is 133 Å². The molecule has 8 nitrogen and oxygen atoms in total. The molecule has 1 aromatic rings. The van der Waals surface area contributed by atoms with Gasteiger partial charge in [-0.3, -0.25) is 19.7 Å². The van der Waals surface area contributed by atoms with Crippen LogP contribution in [-0.2, 0) is 9.59 Å². The van der Waals surface area contributed by atoms with E-state index in [1.807, 2.05) is 0 Å². The van der Waals surface area contributed by atoms with Crippen molar-refractivity contribution in [3.8, 4) is 5.75 Å². The molecular weight excluding hydrogens is 302 g/mol. The number of benzene rings is 1. The highest BCUT2D eigenvalue weighted by molar-refractivity contribution is 5.88. The van der Waals surface area contributed by atoms with Crippen molar-refractivity contribution in [3.05, 3.63) is 34.4 Å². The summed E-state index contributed by atoms with van der Waals surface area (Å²) in [5.74, 6) is 0.0193. The van der Waals surface area contributed by atoms with E-state index in [9.17, 15) is 19.7 Å². The van der Waals surface area contributed by atoms with Crippen LogP contribution in [0.25, 0.3) is 0 Å². The first-order valence-corrected chi connectivity index (χ1v) is 7.28. The first-order chi connectivity index (χ1) is 10.9. The van der Waals surface area contributed by atoms with E-state index in [-0.39, 0.29) is 24.1 Å². The molecule has 124 valence electrons. The van der Waals surface area contributed by atoms with Gasteiger partial charge in [0, 0.05) is 32.8 Å². The summed E-state index contributed by atoms with van der Waals surface area (Å²) in [6.45, 7) is 0.335. The molecule has 0 radical (unpaired) electrons. The van der Waals surface area contributed by atoms with E-state index in [0.29, 0.717) is 18.7 Å². The van der Waals surface area contributed by atoms with Gasteiger partial charge in [0.15, 0.2) is 6.61 Å². The summed E-state index contributed by atoms with van der Waals surface area (Å²) in [6, 6.07) is 5.08. The Kier molecular flexibility index (Phi) is 5.15. The number of hydrogen-bond acceptors (Lipinski definition) is 5. The molecule has 1 fully saturated rings. The third kappa shape index (κ3) is 3.97. The SMILES string of the molecule is CN(C)C(=O)C1CCCN1C(=O)COc1ccc([N+](=O)[O-])cc1. The first kappa shape index (κ1) is 16.7. The molecular formula is C15H19N3O5. The number of carbonyl (C=O) groups excluding carboxylic acids is 2. The topological polar surface area (TPSA) is 93.0 Å². The minimum Gasteiger partial charge on any atom is -0.484 e. The Morgan fingerprint density at radius 3 is 2.57 bits per heavy atom. The van der Waals surface area contributed by atoms with E-state index < -0.39 is 11.0 Å². The molecule has 8 heteroatoms. The number of likely N-dealkylation sites (N-methyl/N-ethyl adjacent to an activating group) is 1. The van der Waals surface area contributed by atoms with Gasteiger partial charge in [-0.1, -0.05) is 0 Å². The third-order valence-corrected chi connectivity index (χ3v) is 3.71. The molecule has 2 rings (SSSR count). The van der Waals surface area contributed by atoms with Crippen LogP contribution >= 0.6 is 0 Å². The number of nitro groups is 1. The summed E-state index contributed by atoms with van der Waals surface area (Å²) < 4.78 is 5.36. The summed E-state index contributed by atoms with van der Waals surface area (Å²) in [5.41, 5.74) is -0.0418. The summed E-state index contributed by atoms with van der Waals surface area (Å²) in [7, 11) is 3.33. The molecule has 1 unspecified atom stereocenters. The maximum absolute atomic E-state index is 12.3. The minimum atomic E-state index is -0.503. The molecule has 0 saturated carbocycles. The van der Waals surface area contributed by atoms with Gasteiger partial charge in [-0.25, -0.2) is 0 Å². The number of non-ortho nitro benzene ring substituents is 1. The molecule has 1 saturated heterocycles. The molecule has 0 N–H and O–H groups in total. The fraction of sp³-hybridized carbons (Fsp3) is 0.467. The zero-order valence-electron chi connectivity index (χ0n) is 13.1. The largest absolute Gasteiger partial charge is 0.484 e. The van der Waals surface area contributed by atoms with Crippen molar-refractivity contribution in [1.82, 2.24) is 9.80 Å². The lowest BCUT2D eigenvalue weighted by molar-refractivity contribution is -0.384. The second kappa shape index (κ2) is 7.08. The number of likely N-dealkylation sites (tertiary alicyclic amines) is 1. The van der Waals surface area contributed by atoms with E-state index in [4.69, 9.17) is 4.74 Å². The number of ether oxygens (including phenoxy) is 1. The number of carbonyl (C=O) groups is 2. The van der Waals surface area contributed by atoms with E-state index in [2.05, 4.69) is 0 Å². The fourth-order valence-electron chi connectivity index (χ4n) is 2.51. The second-order valence-corrected chi connectivity index (χ2v) is 5.52. The van der Waals surface area contributed by atoms with Crippen molar-refractivity contribution in [1.29, 1.82) is 0 Å². The zero-order valence-corrected chi connectivity index (χ0v) is 13.1. The number of amides is 2. The summed E-state index contributed by atoms with van der Waals surface area (Å²) in [4.78, 5) is 37.4. The first-order valence-electron chi connectivity index (χ1n) is 7.28. The molecule has 2 amide bonds. The maximum atomic E-state index is 12.3. The highest BCUT2D eigenvalue weighted by Gasteiger charge is 2.34. The molecule has 0 spiro atoms. The van der Waals surface area contributed by atoms with E-state index in [1.54, 1.807) is 14.1 Å². The Hall–Kier alpha value is -2.64. The normalized spacial score (nSPS) is 17.0. The van der Waals surface area contributed by atoms with Gasteiger partial charge in [-0.2, -0.15) is 0 Å². The lowest BCUT2D eigenvalue weighted by Crippen LogP contribution is -2.46. The average Bonchev–Trinajstić information content (AvgIpc) is 3.01. The smallest absolute Gasteiger partial charge is 0.269 e. The summed E-state index contributed by atoms with van der Waals surface area (Å²) >= 11 is 0. The van der Waals surface area contributed by atoms with Crippen molar-refractivity contribution in [2.45, 2.75) is 18.9 Å². The molecule has 1 aliphatic rings. The number of hydrogen-bond donors (Lipinski definition) is 0. The lowest BCUT2D eigenvalue weighted by atomic mass is 10.2. The average molecular weight is 321 g/mol. The van der Waals surface area contributed by atoms with Crippen LogP contribution < -0.4 is 4.74 Å². The van der Waals surface area contributed by atoms with Crippen molar-refractivity contribution >= 4 is 17.5 Å². The molecule has 0 aromatic heterocycles. The molecule has 1 heterocycles. The molecule has 1 aliphatic heterocycles. The highest BCUT2D eigenvalue weighted by Crippen LogP contribution is 2.20. The van der Waals surface area contributed by atoms with Gasteiger partial charge in [0.2, 0.25) is 5.91 Å². The van der Waals surface area contributed by atoms with Crippen LogP contribution in [0.2, 0.25) is 0 Å². The van der Waals surface area contributed by atoms with Gasteiger partial charge < -0.3 is 14.5 Å². The van der Waals surface area contributed by atoms with Crippen molar-refractivity contribution in [2.75, 3.05) is 27.2 Å². The van der Waals surface area contributed by atoms with Crippen LogP contribution in [0.4, 0.5) is 5.69 Å². The van der Waals surface area contributed by atoms with Crippen molar-refractivity contribution < 1.29 is 19.2 Å². The van der Waals surface area contributed by atoms with Gasteiger partial charge in [0.05, 0.1) is 4.92 Å². The van der Waals surface area contributed by atoms with Crippen LogP contribution in [0, 0.1) is 10.1 Å². The number of rotatable bonds is 5. The Morgan fingerprint density at radius 1 is 1.35 bits per heavy atom. The van der Waals surface area contributed by atoms with Crippen LogP contribution in [0.5, 0.6) is 5.75 Å². The van der Waals surface area contributed by atoms with Gasteiger partial charge >= 0.3 is 0 Å². The Bertz CT molecular complexity index is 600.